The van der Waals surface area contributed by atoms with Gasteiger partial charge in [0.05, 0.1) is 11.4 Å². The molecule has 0 spiro atoms. The van der Waals surface area contributed by atoms with E-state index in [-0.39, 0.29) is 16.9 Å². The van der Waals surface area contributed by atoms with E-state index >= 15 is 0 Å². The molecule has 0 radical (unpaired) electrons. The maximum Gasteiger partial charge on any atom is 0.142 e. The molecule has 4 aliphatic carbocycles. The number of phenolic OH excluding ortho intramolecular Hbond substituents is 2. The van der Waals surface area contributed by atoms with Gasteiger partial charge in [0.1, 0.15) is 34.5 Å². The molecule has 4 bridgehead atoms. The standard InChI is InChI=1S/C34H34N2O4/c35-28-8-6-24(15-30(28)37)39-32-4-2-1-3-26(32)27-14-23(34-17-20-11-21(18-34)13-22(12-20)19-34)5-10-33(27)40-25-7-9-29(36)31(38)16-25/h1-10,14-16,20-22,37-38H,11-13,17-19,35-36H2. The topological polar surface area (TPSA) is 111 Å². The number of anilines is 2. The van der Waals surface area contributed by atoms with Crippen LogP contribution in [0.25, 0.3) is 11.1 Å². The summed E-state index contributed by atoms with van der Waals surface area (Å²) >= 11 is 0. The lowest BCUT2D eigenvalue weighted by atomic mass is 9.48. The van der Waals surface area contributed by atoms with Gasteiger partial charge in [-0.25, -0.2) is 0 Å². The number of aromatic hydroxyl groups is 2. The summed E-state index contributed by atoms with van der Waals surface area (Å²) in [6.07, 6.45) is 7.94. The zero-order valence-electron chi connectivity index (χ0n) is 22.3. The van der Waals surface area contributed by atoms with Gasteiger partial charge < -0.3 is 31.2 Å². The minimum absolute atomic E-state index is 0.0175. The number of nitrogen functional groups attached to an aromatic ring is 2. The normalized spacial score (nSPS) is 24.6. The first-order chi connectivity index (χ1) is 19.3. The molecule has 40 heavy (non-hydrogen) atoms. The van der Waals surface area contributed by atoms with E-state index in [0.29, 0.717) is 34.4 Å². The van der Waals surface area contributed by atoms with Crippen molar-refractivity contribution in [2.75, 3.05) is 11.5 Å². The fraction of sp³-hybridized carbons (Fsp3) is 0.294. The molecule has 0 unspecified atom stereocenters. The Balaban J connectivity index is 1.33. The second-order valence-electron chi connectivity index (χ2n) is 12.1. The summed E-state index contributed by atoms with van der Waals surface area (Å²) in [5.74, 6) is 4.74. The van der Waals surface area contributed by atoms with Gasteiger partial charge >= 0.3 is 0 Å². The van der Waals surface area contributed by atoms with E-state index in [0.717, 1.165) is 28.9 Å². The van der Waals surface area contributed by atoms with Gasteiger partial charge in [-0.3, -0.25) is 0 Å². The second kappa shape index (κ2) is 9.40. The third-order valence-electron chi connectivity index (χ3n) is 9.27. The maximum absolute atomic E-state index is 10.2. The number of para-hydroxylation sites is 1. The summed E-state index contributed by atoms with van der Waals surface area (Å²) in [7, 11) is 0. The van der Waals surface area contributed by atoms with E-state index in [1.54, 1.807) is 24.3 Å². The Bertz CT molecular complexity index is 1560. The van der Waals surface area contributed by atoms with Crippen LogP contribution in [0.5, 0.6) is 34.5 Å². The summed E-state index contributed by atoms with van der Waals surface area (Å²) in [5.41, 5.74) is 15.6. The molecule has 8 rings (SSSR count). The van der Waals surface area contributed by atoms with E-state index in [4.69, 9.17) is 20.9 Å². The fourth-order valence-corrected chi connectivity index (χ4v) is 7.83. The minimum Gasteiger partial charge on any atom is -0.506 e. The Morgan fingerprint density at radius 2 is 1.12 bits per heavy atom. The van der Waals surface area contributed by atoms with Crippen LogP contribution in [0.2, 0.25) is 0 Å². The summed E-state index contributed by atoms with van der Waals surface area (Å²) in [4.78, 5) is 0. The number of hydrogen-bond acceptors (Lipinski definition) is 6. The Hall–Kier alpha value is -4.32. The summed E-state index contributed by atoms with van der Waals surface area (Å²) in [6, 6.07) is 24.3. The SMILES string of the molecule is Nc1ccc(Oc2ccccc2-c2cc(C34CC5CC(CC(C5)C3)C4)ccc2Oc2ccc(N)c(O)c2)cc1O. The van der Waals surface area contributed by atoms with Crippen molar-refractivity contribution in [3.8, 4) is 45.6 Å². The molecule has 0 amide bonds. The molecule has 6 nitrogen and oxygen atoms in total. The number of ether oxygens (including phenoxy) is 2. The monoisotopic (exact) mass is 534 g/mol. The molecule has 204 valence electrons. The summed E-state index contributed by atoms with van der Waals surface area (Å²) in [6.45, 7) is 0. The third kappa shape index (κ3) is 4.37. The molecule has 4 aromatic carbocycles. The Kier molecular flexibility index (Phi) is 5.81. The third-order valence-corrected chi connectivity index (χ3v) is 9.27. The maximum atomic E-state index is 10.2. The van der Waals surface area contributed by atoms with Crippen molar-refractivity contribution in [2.45, 2.75) is 43.9 Å². The molecule has 0 aliphatic heterocycles. The summed E-state index contributed by atoms with van der Waals surface area (Å²) < 4.78 is 12.7. The highest BCUT2D eigenvalue weighted by Crippen LogP contribution is 2.61. The second-order valence-corrected chi connectivity index (χ2v) is 12.1. The van der Waals surface area contributed by atoms with Crippen LogP contribution in [0, 0.1) is 17.8 Å². The van der Waals surface area contributed by atoms with Crippen LogP contribution in [0.1, 0.15) is 44.1 Å². The molecule has 4 aliphatic rings. The van der Waals surface area contributed by atoms with Crippen molar-refractivity contribution in [3.05, 3.63) is 84.4 Å². The van der Waals surface area contributed by atoms with Crippen molar-refractivity contribution < 1.29 is 19.7 Å². The Morgan fingerprint density at radius 1 is 0.600 bits per heavy atom. The Morgan fingerprint density at radius 3 is 1.68 bits per heavy atom. The van der Waals surface area contributed by atoms with Gasteiger partial charge in [-0.05, 0) is 110 Å². The van der Waals surface area contributed by atoms with Crippen LogP contribution in [0.15, 0.2) is 78.9 Å². The van der Waals surface area contributed by atoms with Crippen LogP contribution in [-0.4, -0.2) is 10.2 Å². The lowest BCUT2D eigenvalue weighted by Crippen LogP contribution is -2.48. The van der Waals surface area contributed by atoms with Gasteiger partial charge in [0.2, 0.25) is 0 Å². The molecule has 0 saturated heterocycles. The van der Waals surface area contributed by atoms with Crippen LogP contribution in [0.3, 0.4) is 0 Å². The first-order valence-corrected chi connectivity index (χ1v) is 14.1. The molecule has 4 saturated carbocycles. The van der Waals surface area contributed by atoms with E-state index in [1.165, 1.54) is 56.2 Å². The van der Waals surface area contributed by atoms with Crippen molar-refractivity contribution in [2.24, 2.45) is 17.8 Å². The average Bonchev–Trinajstić information content (AvgIpc) is 2.93. The predicted octanol–water partition coefficient (Wildman–Crippen LogP) is 7.98. The molecular weight excluding hydrogens is 500 g/mol. The van der Waals surface area contributed by atoms with Crippen LogP contribution in [-0.2, 0) is 5.41 Å². The molecular formula is C34H34N2O4. The van der Waals surface area contributed by atoms with Crippen molar-refractivity contribution >= 4 is 11.4 Å². The zero-order chi connectivity index (χ0) is 27.4. The van der Waals surface area contributed by atoms with E-state index < -0.39 is 0 Å². The molecule has 0 atom stereocenters. The van der Waals surface area contributed by atoms with Gasteiger partial charge in [0.15, 0.2) is 0 Å². The summed E-state index contributed by atoms with van der Waals surface area (Å²) in [5, 5.41) is 20.3. The van der Waals surface area contributed by atoms with Gasteiger partial charge in [-0.1, -0.05) is 24.3 Å². The van der Waals surface area contributed by atoms with E-state index in [9.17, 15) is 10.2 Å². The van der Waals surface area contributed by atoms with Crippen LogP contribution < -0.4 is 20.9 Å². The van der Waals surface area contributed by atoms with Crippen molar-refractivity contribution in [1.82, 2.24) is 0 Å². The van der Waals surface area contributed by atoms with Crippen LogP contribution in [0.4, 0.5) is 11.4 Å². The quantitative estimate of drug-likeness (QED) is 0.147. The molecule has 6 heteroatoms. The van der Waals surface area contributed by atoms with E-state index in [2.05, 4.69) is 18.2 Å². The molecule has 4 fully saturated rings. The highest BCUT2D eigenvalue weighted by Gasteiger charge is 2.51. The van der Waals surface area contributed by atoms with Crippen LogP contribution >= 0.6 is 0 Å². The number of nitrogens with two attached hydrogens (primary N) is 2. The average molecular weight is 535 g/mol. The van der Waals surface area contributed by atoms with Gasteiger partial charge in [0.25, 0.3) is 0 Å². The van der Waals surface area contributed by atoms with E-state index in [1.807, 2.05) is 24.3 Å². The van der Waals surface area contributed by atoms with Gasteiger partial charge in [-0.2, -0.15) is 0 Å². The highest BCUT2D eigenvalue weighted by molar-refractivity contribution is 5.78. The number of hydrogen-bond donors (Lipinski definition) is 4. The number of benzene rings is 4. The lowest BCUT2D eigenvalue weighted by Gasteiger charge is -2.57. The molecule has 6 N–H and O–H groups in total. The largest absolute Gasteiger partial charge is 0.506 e. The fourth-order valence-electron chi connectivity index (χ4n) is 7.83. The first kappa shape index (κ1) is 24.7. The zero-order valence-corrected chi connectivity index (χ0v) is 22.3. The molecule has 4 aromatic rings. The molecule has 0 aromatic heterocycles. The van der Waals surface area contributed by atoms with Crippen molar-refractivity contribution in [1.29, 1.82) is 0 Å². The smallest absolute Gasteiger partial charge is 0.142 e. The van der Waals surface area contributed by atoms with Gasteiger partial charge in [-0.15, -0.1) is 0 Å². The van der Waals surface area contributed by atoms with Gasteiger partial charge in [0, 0.05) is 23.3 Å². The lowest BCUT2D eigenvalue weighted by molar-refractivity contribution is -0.00518. The molecule has 0 heterocycles. The number of phenols is 2. The highest BCUT2D eigenvalue weighted by atomic mass is 16.5. The first-order valence-electron chi connectivity index (χ1n) is 14.1. The number of rotatable bonds is 6. The Labute approximate surface area is 234 Å². The predicted molar refractivity (Wildman–Crippen MR) is 157 cm³/mol. The minimum atomic E-state index is -0.0222. The van der Waals surface area contributed by atoms with Crippen molar-refractivity contribution in [3.63, 3.8) is 0 Å².